The van der Waals surface area contributed by atoms with Crippen molar-refractivity contribution in [2.75, 3.05) is 26.9 Å². The second-order valence-corrected chi connectivity index (χ2v) is 10.0. The molecular weight excluding hydrogens is 488 g/mol. The van der Waals surface area contributed by atoms with Gasteiger partial charge in [-0.25, -0.2) is 0 Å². The predicted molar refractivity (Wildman–Crippen MR) is 141 cm³/mol. The van der Waals surface area contributed by atoms with Gasteiger partial charge in [-0.3, -0.25) is 4.79 Å². The van der Waals surface area contributed by atoms with Crippen LogP contribution in [0, 0.1) is 23.7 Å². The van der Waals surface area contributed by atoms with Crippen molar-refractivity contribution in [3.05, 3.63) is 36.4 Å². The molecule has 0 radical (unpaired) electrons. The van der Waals surface area contributed by atoms with E-state index in [9.17, 15) is 9.90 Å². The first-order valence-corrected chi connectivity index (χ1v) is 13.7. The number of ether oxygens (including phenoxy) is 6. The molecular formula is C30H40O8. The van der Waals surface area contributed by atoms with E-state index in [1.54, 1.807) is 7.11 Å². The maximum absolute atomic E-state index is 11.6. The van der Waals surface area contributed by atoms with Crippen molar-refractivity contribution < 1.29 is 38.3 Å². The Morgan fingerprint density at radius 1 is 1.11 bits per heavy atom. The van der Waals surface area contributed by atoms with Crippen LogP contribution in [0.1, 0.15) is 51.9 Å². The number of methoxy groups -OCH3 is 1. The molecule has 4 rings (SSSR count). The molecule has 7 atom stereocenters. The van der Waals surface area contributed by atoms with Crippen molar-refractivity contribution in [1.29, 1.82) is 0 Å². The highest BCUT2D eigenvalue weighted by Gasteiger charge is 2.42. The van der Waals surface area contributed by atoms with Gasteiger partial charge in [-0.15, -0.1) is 0 Å². The number of hydrogen-bond acceptors (Lipinski definition) is 8. The van der Waals surface area contributed by atoms with E-state index in [0.717, 1.165) is 38.5 Å². The molecule has 1 aromatic rings. The average Bonchev–Trinajstić information content (AvgIpc) is 3.23. The average molecular weight is 529 g/mol. The fraction of sp³-hybridized carbons (Fsp3) is 0.633. The summed E-state index contributed by atoms with van der Waals surface area (Å²) >= 11 is 0. The van der Waals surface area contributed by atoms with Gasteiger partial charge in [-0.2, -0.15) is 0 Å². The van der Waals surface area contributed by atoms with Gasteiger partial charge in [0.15, 0.2) is 24.1 Å². The molecule has 1 N–H and O–H groups in total. The Kier molecular flexibility index (Phi) is 11.0. The summed E-state index contributed by atoms with van der Waals surface area (Å²) in [6, 6.07) is 7.48. The maximum Gasteiger partial charge on any atom is 0.202 e. The molecule has 8 heteroatoms. The quantitative estimate of drug-likeness (QED) is 0.276. The van der Waals surface area contributed by atoms with Crippen molar-refractivity contribution in [2.45, 2.75) is 82.8 Å². The Morgan fingerprint density at radius 2 is 1.82 bits per heavy atom. The largest absolute Gasteiger partial charge is 0.493 e. The zero-order valence-electron chi connectivity index (χ0n) is 22.4. The molecule has 0 amide bonds. The van der Waals surface area contributed by atoms with Gasteiger partial charge in [0.1, 0.15) is 12.7 Å². The number of carbonyl (C=O) groups is 1. The number of benzene rings is 1. The Balaban J connectivity index is 1.52. The number of aliphatic hydroxyl groups excluding tert-OH is 1. The molecule has 0 aromatic heterocycles. The monoisotopic (exact) mass is 528 g/mol. The lowest BCUT2D eigenvalue weighted by Crippen LogP contribution is -2.32. The van der Waals surface area contributed by atoms with Crippen LogP contribution in [-0.2, 0) is 23.7 Å². The zero-order chi connectivity index (χ0) is 26.7. The summed E-state index contributed by atoms with van der Waals surface area (Å²) < 4.78 is 35.8. The van der Waals surface area contributed by atoms with E-state index in [1.165, 1.54) is 6.92 Å². The normalized spacial score (nSPS) is 30.4. The molecule has 7 unspecified atom stereocenters. The van der Waals surface area contributed by atoms with E-state index in [4.69, 9.17) is 28.4 Å². The molecule has 0 bridgehead atoms. The molecule has 38 heavy (non-hydrogen) atoms. The van der Waals surface area contributed by atoms with E-state index in [1.807, 2.05) is 36.4 Å². The molecule has 8 nitrogen and oxygen atoms in total. The van der Waals surface area contributed by atoms with E-state index >= 15 is 0 Å². The summed E-state index contributed by atoms with van der Waals surface area (Å²) in [5.41, 5.74) is 0. The molecule has 2 heterocycles. The standard InChI is InChI=1S/C30H40O8/c1-21(31)13-15-23-24(28(19-25(23)32)38-30-12-6-8-18-35-30)16-14-22(37-29-11-5-7-17-34-29)20-36-27-10-4-3-9-26(27)33-2/h3-4,9-10,14,16,22-25,28-30,32H,5-8,11-12,17-20H2,1-2H3. The molecule has 3 fully saturated rings. The van der Waals surface area contributed by atoms with Crippen molar-refractivity contribution in [1.82, 2.24) is 0 Å². The molecule has 1 saturated carbocycles. The third kappa shape index (κ3) is 8.29. The van der Waals surface area contributed by atoms with Crippen LogP contribution in [-0.4, -0.2) is 68.7 Å². The van der Waals surface area contributed by atoms with Gasteiger partial charge in [0.2, 0.25) is 5.78 Å². The molecule has 2 aliphatic heterocycles. The van der Waals surface area contributed by atoms with E-state index in [-0.39, 0.29) is 37.0 Å². The molecule has 1 aromatic carbocycles. The number of carbonyl (C=O) groups excluding carboxylic acids is 1. The van der Waals surface area contributed by atoms with Crippen molar-refractivity contribution in [3.63, 3.8) is 0 Å². The van der Waals surface area contributed by atoms with Crippen LogP contribution in [0.15, 0.2) is 36.4 Å². The maximum atomic E-state index is 11.6. The highest BCUT2D eigenvalue weighted by molar-refractivity contribution is 5.93. The van der Waals surface area contributed by atoms with Gasteiger partial charge in [0.05, 0.1) is 25.2 Å². The van der Waals surface area contributed by atoms with Gasteiger partial charge in [0, 0.05) is 32.5 Å². The fourth-order valence-corrected chi connectivity index (χ4v) is 5.13. The molecule has 0 spiro atoms. The second kappa shape index (κ2) is 14.7. The highest BCUT2D eigenvalue weighted by Crippen LogP contribution is 2.37. The van der Waals surface area contributed by atoms with E-state index in [0.29, 0.717) is 31.1 Å². The van der Waals surface area contributed by atoms with Crippen LogP contribution in [0.5, 0.6) is 11.5 Å². The summed E-state index contributed by atoms with van der Waals surface area (Å²) in [6.45, 7) is 3.01. The Labute approximate surface area is 225 Å². The smallest absolute Gasteiger partial charge is 0.202 e. The molecule has 1 aliphatic carbocycles. The second-order valence-electron chi connectivity index (χ2n) is 10.0. The van der Waals surface area contributed by atoms with Gasteiger partial charge in [-0.05, 0) is 56.6 Å². The summed E-state index contributed by atoms with van der Waals surface area (Å²) in [5, 5.41) is 10.8. The number of rotatable bonds is 10. The summed E-state index contributed by atoms with van der Waals surface area (Å²) in [7, 11) is 1.61. The minimum Gasteiger partial charge on any atom is -0.493 e. The van der Waals surface area contributed by atoms with Crippen LogP contribution in [0.3, 0.4) is 0 Å². The Morgan fingerprint density at radius 3 is 2.47 bits per heavy atom. The highest BCUT2D eigenvalue weighted by atomic mass is 16.7. The number of para-hydroxylation sites is 2. The number of ketones is 1. The summed E-state index contributed by atoms with van der Waals surface area (Å²) in [6.07, 6.45) is 8.09. The Bertz CT molecular complexity index is 970. The number of Topliss-reactive ketones (excluding diaryl/α,β-unsaturated/α-hetero) is 1. The SMILES string of the molecule is COc1ccccc1OCC(C=CC1C(OC2CCCCO2)CC(O)C1C#CC(C)=O)OC1CCCCO1. The van der Waals surface area contributed by atoms with Crippen molar-refractivity contribution in [2.24, 2.45) is 11.8 Å². The minimum atomic E-state index is -0.712. The van der Waals surface area contributed by atoms with Gasteiger partial charge in [-0.1, -0.05) is 30.2 Å². The van der Waals surface area contributed by atoms with Crippen LogP contribution >= 0.6 is 0 Å². The molecule has 2 saturated heterocycles. The van der Waals surface area contributed by atoms with Crippen molar-refractivity contribution in [3.8, 4) is 23.3 Å². The van der Waals surface area contributed by atoms with Gasteiger partial charge < -0.3 is 33.5 Å². The van der Waals surface area contributed by atoms with Crippen LogP contribution < -0.4 is 9.47 Å². The zero-order valence-corrected chi connectivity index (χ0v) is 22.4. The van der Waals surface area contributed by atoms with Crippen LogP contribution in [0.2, 0.25) is 0 Å². The number of hydrogen-bond donors (Lipinski definition) is 1. The van der Waals surface area contributed by atoms with Crippen molar-refractivity contribution >= 4 is 5.78 Å². The van der Waals surface area contributed by atoms with Crippen LogP contribution in [0.4, 0.5) is 0 Å². The summed E-state index contributed by atoms with van der Waals surface area (Å²) in [5.74, 6) is 5.96. The fourth-order valence-electron chi connectivity index (χ4n) is 5.13. The molecule has 3 aliphatic rings. The first-order valence-electron chi connectivity index (χ1n) is 13.7. The predicted octanol–water partition coefficient (Wildman–Crippen LogP) is 4.04. The number of aliphatic hydroxyl groups is 1. The van der Waals surface area contributed by atoms with Crippen LogP contribution in [0.25, 0.3) is 0 Å². The third-order valence-corrected chi connectivity index (χ3v) is 7.10. The first-order chi connectivity index (χ1) is 18.5. The van der Waals surface area contributed by atoms with E-state index in [2.05, 4.69) is 11.8 Å². The lowest BCUT2D eigenvalue weighted by molar-refractivity contribution is -0.193. The molecule has 208 valence electrons. The lowest BCUT2D eigenvalue weighted by Gasteiger charge is -2.29. The lowest BCUT2D eigenvalue weighted by atomic mass is 9.93. The van der Waals surface area contributed by atoms with Gasteiger partial charge in [0.25, 0.3) is 0 Å². The first kappa shape index (κ1) is 28.6. The summed E-state index contributed by atoms with van der Waals surface area (Å²) in [4.78, 5) is 11.6. The minimum absolute atomic E-state index is 0.235. The van der Waals surface area contributed by atoms with Gasteiger partial charge >= 0.3 is 0 Å². The topological polar surface area (TPSA) is 92.7 Å². The Hall–Kier alpha value is -2.41. The van der Waals surface area contributed by atoms with E-state index < -0.39 is 18.1 Å². The third-order valence-electron chi connectivity index (χ3n) is 7.10.